The van der Waals surface area contributed by atoms with Crippen LogP contribution >= 0.6 is 12.4 Å². The summed E-state index contributed by atoms with van der Waals surface area (Å²) in [5.74, 6) is -0.332. The molecule has 2 N–H and O–H groups in total. The van der Waals surface area contributed by atoms with Gasteiger partial charge in [-0.3, -0.25) is 14.9 Å². The molecule has 1 unspecified atom stereocenters. The fourth-order valence-electron chi connectivity index (χ4n) is 2.55. The third kappa shape index (κ3) is 5.11. The molecule has 1 fully saturated rings. The number of nitro benzene ring substituents is 1. The number of non-ortho nitro benzene ring substituents is 1. The average molecular weight is 393 g/mol. The third-order valence-corrected chi connectivity index (χ3v) is 5.70. The Morgan fingerprint density at radius 2 is 2.16 bits per heavy atom. The molecule has 2 rings (SSSR count). The van der Waals surface area contributed by atoms with Gasteiger partial charge in [0.2, 0.25) is 15.9 Å². The zero-order valence-corrected chi connectivity index (χ0v) is 15.3. The summed E-state index contributed by atoms with van der Waals surface area (Å²) in [6.45, 7) is 0.624. The van der Waals surface area contributed by atoms with Crippen LogP contribution in [0.3, 0.4) is 0 Å². The van der Waals surface area contributed by atoms with Gasteiger partial charge in [-0.1, -0.05) is 6.07 Å². The zero-order valence-electron chi connectivity index (χ0n) is 13.7. The van der Waals surface area contributed by atoms with E-state index >= 15 is 0 Å². The van der Waals surface area contributed by atoms with Gasteiger partial charge in [-0.25, -0.2) is 8.42 Å². The van der Waals surface area contributed by atoms with E-state index in [0.29, 0.717) is 13.1 Å². The second kappa shape index (κ2) is 8.56. The number of rotatable bonds is 5. The van der Waals surface area contributed by atoms with E-state index in [1.165, 1.54) is 25.2 Å². The van der Waals surface area contributed by atoms with Crippen molar-refractivity contribution in [2.45, 2.75) is 23.8 Å². The number of halogens is 1. The van der Waals surface area contributed by atoms with Gasteiger partial charge in [0.1, 0.15) is 0 Å². The lowest BCUT2D eigenvalue weighted by molar-refractivity contribution is -0.385. The van der Waals surface area contributed by atoms with E-state index in [2.05, 4.69) is 0 Å². The summed E-state index contributed by atoms with van der Waals surface area (Å²) in [4.78, 5) is 23.7. The molecule has 1 aromatic rings. The Morgan fingerprint density at radius 3 is 2.76 bits per heavy atom. The fourth-order valence-corrected chi connectivity index (χ4v) is 3.71. The molecule has 0 saturated carbocycles. The normalized spacial score (nSPS) is 17.9. The summed E-state index contributed by atoms with van der Waals surface area (Å²) < 4.78 is 25.9. The Bertz CT molecular complexity index is 742. The molecule has 1 aliphatic heterocycles. The number of likely N-dealkylation sites (tertiary alicyclic amines) is 1. The van der Waals surface area contributed by atoms with E-state index in [-0.39, 0.29) is 41.5 Å². The maximum absolute atomic E-state index is 12.5. The summed E-state index contributed by atoms with van der Waals surface area (Å²) in [6.07, 6.45) is 1.62. The fraction of sp³-hybridized carbons (Fsp3) is 0.500. The Hall–Kier alpha value is -1.75. The molecule has 9 nitrogen and oxygen atoms in total. The summed E-state index contributed by atoms with van der Waals surface area (Å²) in [7, 11) is -2.72. The van der Waals surface area contributed by atoms with E-state index in [1.54, 1.807) is 4.90 Å². The molecule has 0 radical (unpaired) electrons. The number of piperidine rings is 1. The molecule has 25 heavy (non-hydrogen) atoms. The van der Waals surface area contributed by atoms with Crippen LogP contribution in [0.4, 0.5) is 5.69 Å². The van der Waals surface area contributed by atoms with Crippen molar-refractivity contribution in [1.29, 1.82) is 0 Å². The molecular formula is C14H21ClN4O5S. The largest absolute Gasteiger partial charge is 0.340 e. The molecule has 11 heteroatoms. The summed E-state index contributed by atoms with van der Waals surface area (Å²) in [5.41, 5.74) is 5.50. The van der Waals surface area contributed by atoms with Gasteiger partial charge in [0.05, 0.1) is 16.4 Å². The predicted octanol–water partition coefficient (Wildman–Crippen LogP) is 0.587. The van der Waals surface area contributed by atoms with Crippen molar-refractivity contribution in [3.63, 3.8) is 0 Å². The number of likely N-dealkylation sites (N-methyl/N-ethyl adjacent to an activating group) is 1. The highest BCUT2D eigenvalue weighted by Crippen LogP contribution is 2.20. The molecule has 1 aromatic carbocycles. The lowest BCUT2D eigenvalue weighted by atomic mass is 10.1. The summed E-state index contributed by atoms with van der Waals surface area (Å²) in [5, 5.41) is 10.8. The van der Waals surface area contributed by atoms with Crippen LogP contribution in [0.1, 0.15) is 12.8 Å². The van der Waals surface area contributed by atoms with Crippen molar-refractivity contribution >= 4 is 34.0 Å². The topological polar surface area (TPSA) is 127 Å². The molecule has 1 heterocycles. The molecule has 1 aliphatic rings. The molecule has 140 valence electrons. The molecule has 0 aromatic heterocycles. The Morgan fingerprint density at radius 1 is 1.48 bits per heavy atom. The third-order valence-electron chi connectivity index (χ3n) is 3.91. The number of nitrogens with zero attached hydrogens (tertiary/aromatic N) is 3. The number of carbonyl (C=O) groups is 1. The lowest BCUT2D eigenvalue weighted by Crippen LogP contribution is -2.49. The zero-order chi connectivity index (χ0) is 17.9. The second-order valence-corrected chi connectivity index (χ2v) is 7.80. The molecular weight excluding hydrogens is 372 g/mol. The number of sulfonamides is 1. The monoisotopic (exact) mass is 392 g/mol. The summed E-state index contributed by atoms with van der Waals surface area (Å²) in [6, 6.07) is 4.65. The Balaban J connectivity index is 0.00000312. The number of carbonyl (C=O) groups excluding carboxylic acids is 1. The number of benzene rings is 1. The van der Waals surface area contributed by atoms with Gasteiger partial charge in [-0.2, -0.15) is 4.31 Å². The number of nitro groups is 1. The van der Waals surface area contributed by atoms with Crippen LogP contribution in [0.5, 0.6) is 0 Å². The van der Waals surface area contributed by atoms with E-state index in [0.717, 1.165) is 23.2 Å². The van der Waals surface area contributed by atoms with Crippen molar-refractivity contribution in [3.05, 3.63) is 34.4 Å². The minimum absolute atomic E-state index is 0. The molecule has 0 spiro atoms. The Labute approximate surface area is 152 Å². The predicted molar refractivity (Wildman–Crippen MR) is 93.9 cm³/mol. The molecule has 0 bridgehead atoms. The van der Waals surface area contributed by atoms with E-state index in [1.807, 2.05) is 0 Å². The van der Waals surface area contributed by atoms with Gasteiger partial charge in [0.25, 0.3) is 5.69 Å². The van der Waals surface area contributed by atoms with Crippen LogP contribution in [0.15, 0.2) is 29.2 Å². The minimum atomic E-state index is -3.99. The van der Waals surface area contributed by atoms with Crippen LogP contribution in [-0.4, -0.2) is 61.2 Å². The van der Waals surface area contributed by atoms with Crippen LogP contribution in [0, 0.1) is 10.1 Å². The summed E-state index contributed by atoms with van der Waals surface area (Å²) >= 11 is 0. The van der Waals surface area contributed by atoms with Crippen molar-refractivity contribution < 1.29 is 18.1 Å². The first-order valence-corrected chi connectivity index (χ1v) is 8.90. The number of nitrogens with two attached hydrogens (primary N) is 1. The molecule has 1 amide bonds. The quantitative estimate of drug-likeness (QED) is 0.577. The lowest BCUT2D eigenvalue weighted by Gasteiger charge is -2.31. The molecule has 1 saturated heterocycles. The smallest absolute Gasteiger partial charge is 0.270 e. The second-order valence-electron chi connectivity index (χ2n) is 5.76. The highest BCUT2D eigenvalue weighted by atomic mass is 35.5. The van der Waals surface area contributed by atoms with E-state index in [9.17, 15) is 23.3 Å². The highest BCUT2D eigenvalue weighted by molar-refractivity contribution is 7.89. The van der Waals surface area contributed by atoms with Crippen molar-refractivity contribution in [3.8, 4) is 0 Å². The van der Waals surface area contributed by atoms with Crippen LogP contribution in [0.2, 0.25) is 0 Å². The highest BCUT2D eigenvalue weighted by Gasteiger charge is 2.28. The van der Waals surface area contributed by atoms with Gasteiger partial charge in [-0.15, -0.1) is 12.4 Å². The van der Waals surface area contributed by atoms with Gasteiger partial charge in [-0.05, 0) is 18.9 Å². The maximum Gasteiger partial charge on any atom is 0.270 e. The molecule has 0 aliphatic carbocycles. The molecule has 1 atom stereocenters. The number of hydrogen-bond acceptors (Lipinski definition) is 6. The number of amides is 1. The van der Waals surface area contributed by atoms with E-state index < -0.39 is 14.9 Å². The minimum Gasteiger partial charge on any atom is -0.340 e. The van der Waals surface area contributed by atoms with Crippen molar-refractivity contribution in [2.75, 3.05) is 26.7 Å². The SMILES string of the molecule is CN(CC(=O)N1CCCC(N)C1)S(=O)(=O)c1cccc([N+](=O)[O-])c1.Cl. The van der Waals surface area contributed by atoms with Crippen LogP contribution in [-0.2, 0) is 14.8 Å². The average Bonchev–Trinajstić information content (AvgIpc) is 2.54. The van der Waals surface area contributed by atoms with Crippen molar-refractivity contribution in [2.24, 2.45) is 5.73 Å². The standard InChI is InChI=1S/C14H20N4O5S.ClH/c1-16(10-14(19)17-7-3-4-11(15)9-17)24(22,23)13-6-2-5-12(8-13)18(20)21;/h2,5-6,8,11H,3-4,7,9-10,15H2,1H3;1H. The first-order valence-electron chi connectivity index (χ1n) is 7.46. The van der Waals surface area contributed by atoms with Gasteiger partial charge < -0.3 is 10.6 Å². The van der Waals surface area contributed by atoms with E-state index in [4.69, 9.17) is 5.73 Å². The van der Waals surface area contributed by atoms with Gasteiger partial charge in [0.15, 0.2) is 0 Å². The van der Waals surface area contributed by atoms with Gasteiger partial charge in [0, 0.05) is 38.3 Å². The van der Waals surface area contributed by atoms with Crippen LogP contribution in [0.25, 0.3) is 0 Å². The maximum atomic E-state index is 12.5. The van der Waals surface area contributed by atoms with Gasteiger partial charge >= 0.3 is 0 Å². The number of hydrogen-bond donors (Lipinski definition) is 1. The first kappa shape index (κ1) is 21.3. The first-order chi connectivity index (χ1) is 11.2. The Kier molecular flexibility index (Phi) is 7.29. The van der Waals surface area contributed by atoms with Crippen molar-refractivity contribution in [1.82, 2.24) is 9.21 Å². The van der Waals surface area contributed by atoms with Crippen LogP contribution < -0.4 is 5.73 Å².